The normalized spacial score (nSPS) is 13.0. The van der Waals surface area contributed by atoms with Crippen molar-refractivity contribution in [3.63, 3.8) is 0 Å². The van der Waals surface area contributed by atoms with E-state index in [1.54, 1.807) is 18.2 Å². The summed E-state index contributed by atoms with van der Waals surface area (Å²) in [5.74, 6) is -0.399. The average Bonchev–Trinajstić information content (AvgIpc) is 2.84. The van der Waals surface area contributed by atoms with E-state index in [0.29, 0.717) is 30.3 Å². The molecule has 0 N–H and O–H groups in total. The SMILES string of the molecule is O=C(COC(=O)c1ccc(F)cc1)c1ccc2c(c1)OCCCO2. The highest BCUT2D eigenvalue weighted by Gasteiger charge is 2.16. The van der Waals surface area contributed by atoms with Crippen LogP contribution >= 0.6 is 0 Å². The Morgan fingerprint density at radius 1 is 0.958 bits per heavy atom. The van der Waals surface area contributed by atoms with Gasteiger partial charge in [0.15, 0.2) is 23.9 Å². The molecule has 6 heteroatoms. The number of carbonyl (C=O) groups is 2. The molecule has 24 heavy (non-hydrogen) atoms. The maximum atomic E-state index is 12.8. The van der Waals surface area contributed by atoms with Crippen molar-refractivity contribution in [1.29, 1.82) is 0 Å². The van der Waals surface area contributed by atoms with Gasteiger partial charge < -0.3 is 14.2 Å². The van der Waals surface area contributed by atoms with Gasteiger partial charge in [-0.25, -0.2) is 9.18 Å². The fraction of sp³-hybridized carbons (Fsp3) is 0.222. The number of rotatable bonds is 4. The number of ketones is 1. The molecule has 2 aromatic rings. The number of ether oxygens (including phenoxy) is 3. The van der Waals surface area contributed by atoms with Crippen molar-refractivity contribution < 1.29 is 28.2 Å². The molecule has 0 saturated heterocycles. The molecule has 0 atom stereocenters. The number of esters is 1. The van der Waals surface area contributed by atoms with Crippen LogP contribution in [0.3, 0.4) is 0 Å². The molecule has 0 aliphatic carbocycles. The highest BCUT2D eigenvalue weighted by molar-refractivity contribution is 5.99. The van der Waals surface area contributed by atoms with Crippen LogP contribution in [0, 0.1) is 5.82 Å². The second kappa shape index (κ2) is 7.12. The van der Waals surface area contributed by atoms with Crippen molar-refractivity contribution in [3.05, 3.63) is 59.4 Å². The lowest BCUT2D eigenvalue weighted by molar-refractivity contribution is 0.0474. The molecule has 0 fully saturated rings. The van der Waals surface area contributed by atoms with E-state index in [0.717, 1.165) is 18.6 Å². The predicted octanol–water partition coefficient (Wildman–Crippen LogP) is 3.03. The molecule has 0 spiro atoms. The summed E-state index contributed by atoms with van der Waals surface area (Å²) < 4.78 is 28.8. The quantitative estimate of drug-likeness (QED) is 0.637. The van der Waals surface area contributed by atoms with Crippen molar-refractivity contribution in [2.75, 3.05) is 19.8 Å². The molecular formula is C18H15FO5. The van der Waals surface area contributed by atoms with Crippen LogP contribution in [0.5, 0.6) is 11.5 Å². The van der Waals surface area contributed by atoms with Crippen LogP contribution < -0.4 is 9.47 Å². The first-order valence-corrected chi connectivity index (χ1v) is 7.49. The Bertz CT molecular complexity index is 755. The van der Waals surface area contributed by atoms with Gasteiger partial charge in [0.05, 0.1) is 18.8 Å². The summed E-state index contributed by atoms with van der Waals surface area (Å²) >= 11 is 0. The van der Waals surface area contributed by atoms with E-state index in [1.807, 2.05) is 0 Å². The van der Waals surface area contributed by atoms with E-state index in [4.69, 9.17) is 14.2 Å². The summed E-state index contributed by atoms with van der Waals surface area (Å²) in [6.45, 7) is 0.676. The van der Waals surface area contributed by atoms with Crippen LogP contribution in [0.15, 0.2) is 42.5 Å². The zero-order valence-corrected chi connectivity index (χ0v) is 12.8. The minimum Gasteiger partial charge on any atom is -0.490 e. The van der Waals surface area contributed by atoms with Crippen LogP contribution in [-0.4, -0.2) is 31.6 Å². The molecule has 0 bridgehead atoms. The minimum absolute atomic E-state index is 0.183. The van der Waals surface area contributed by atoms with Crippen LogP contribution in [0.2, 0.25) is 0 Å². The zero-order chi connectivity index (χ0) is 16.9. The molecule has 0 unspecified atom stereocenters. The first-order chi connectivity index (χ1) is 11.6. The maximum absolute atomic E-state index is 12.8. The third-order valence-corrected chi connectivity index (χ3v) is 3.48. The van der Waals surface area contributed by atoms with E-state index in [-0.39, 0.29) is 11.3 Å². The number of halogens is 1. The standard InChI is InChI=1S/C18H15FO5/c19-14-5-2-12(3-6-14)18(21)24-11-15(20)13-4-7-16-17(10-13)23-9-1-8-22-16/h2-7,10H,1,8-9,11H2. The summed E-state index contributed by atoms with van der Waals surface area (Å²) in [7, 11) is 0. The fourth-order valence-electron chi connectivity index (χ4n) is 2.22. The van der Waals surface area contributed by atoms with Crippen LogP contribution in [0.4, 0.5) is 4.39 Å². The molecule has 0 radical (unpaired) electrons. The molecule has 124 valence electrons. The third-order valence-electron chi connectivity index (χ3n) is 3.48. The highest BCUT2D eigenvalue weighted by atomic mass is 19.1. The number of hydrogen-bond acceptors (Lipinski definition) is 5. The number of carbonyl (C=O) groups excluding carboxylic acids is 2. The lowest BCUT2D eigenvalue weighted by atomic mass is 10.1. The largest absolute Gasteiger partial charge is 0.490 e. The Balaban J connectivity index is 1.63. The van der Waals surface area contributed by atoms with Gasteiger partial charge in [0, 0.05) is 12.0 Å². The van der Waals surface area contributed by atoms with E-state index in [2.05, 4.69) is 0 Å². The Hall–Kier alpha value is -2.89. The number of fused-ring (bicyclic) bond motifs is 1. The molecule has 5 nitrogen and oxygen atoms in total. The first kappa shape index (κ1) is 16.0. The third kappa shape index (κ3) is 3.71. The monoisotopic (exact) mass is 330 g/mol. The highest BCUT2D eigenvalue weighted by Crippen LogP contribution is 2.30. The Kier molecular flexibility index (Phi) is 4.74. The maximum Gasteiger partial charge on any atom is 0.338 e. The number of Topliss-reactive ketones (excluding diaryl/α,β-unsaturated/α-hetero) is 1. The molecule has 0 aromatic heterocycles. The van der Waals surface area contributed by atoms with Gasteiger partial charge in [-0.2, -0.15) is 0 Å². The smallest absolute Gasteiger partial charge is 0.338 e. The molecule has 1 heterocycles. The minimum atomic E-state index is -0.683. The zero-order valence-electron chi connectivity index (χ0n) is 12.8. The molecule has 3 rings (SSSR count). The summed E-state index contributed by atoms with van der Waals surface area (Å²) in [5, 5.41) is 0. The Labute approximate surface area is 138 Å². The van der Waals surface area contributed by atoms with Crippen molar-refractivity contribution in [2.45, 2.75) is 6.42 Å². The average molecular weight is 330 g/mol. The number of benzene rings is 2. The summed E-state index contributed by atoms with van der Waals surface area (Å²) in [5.41, 5.74) is 0.550. The fourth-order valence-corrected chi connectivity index (χ4v) is 2.22. The molecule has 1 aliphatic rings. The van der Waals surface area contributed by atoms with Gasteiger partial charge >= 0.3 is 5.97 Å². The van der Waals surface area contributed by atoms with Gasteiger partial charge in [-0.1, -0.05) is 0 Å². The van der Waals surface area contributed by atoms with E-state index >= 15 is 0 Å². The lowest BCUT2D eigenvalue weighted by Crippen LogP contribution is -2.14. The summed E-state index contributed by atoms with van der Waals surface area (Å²) in [4.78, 5) is 24.0. The summed E-state index contributed by atoms with van der Waals surface area (Å²) in [6.07, 6.45) is 0.771. The molecular weight excluding hydrogens is 315 g/mol. The second-order valence-corrected chi connectivity index (χ2v) is 5.22. The Morgan fingerprint density at radius 2 is 1.62 bits per heavy atom. The first-order valence-electron chi connectivity index (χ1n) is 7.49. The van der Waals surface area contributed by atoms with Gasteiger partial charge in [-0.15, -0.1) is 0 Å². The lowest BCUT2D eigenvalue weighted by Gasteiger charge is -2.09. The predicted molar refractivity (Wildman–Crippen MR) is 83.1 cm³/mol. The van der Waals surface area contributed by atoms with Crippen LogP contribution in [-0.2, 0) is 4.74 Å². The van der Waals surface area contributed by atoms with Crippen molar-refractivity contribution >= 4 is 11.8 Å². The molecule has 0 saturated carbocycles. The topological polar surface area (TPSA) is 61.8 Å². The molecule has 1 aliphatic heterocycles. The van der Waals surface area contributed by atoms with E-state index in [9.17, 15) is 14.0 Å². The van der Waals surface area contributed by atoms with Gasteiger partial charge in [-0.3, -0.25) is 4.79 Å². The van der Waals surface area contributed by atoms with E-state index < -0.39 is 18.4 Å². The van der Waals surface area contributed by atoms with Crippen LogP contribution in [0.25, 0.3) is 0 Å². The van der Waals surface area contributed by atoms with Gasteiger partial charge in [0.2, 0.25) is 0 Å². The van der Waals surface area contributed by atoms with Crippen molar-refractivity contribution in [1.82, 2.24) is 0 Å². The molecule has 0 amide bonds. The van der Waals surface area contributed by atoms with Crippen molar-refractivity contribution in [3.8, 4) is 11.5 Å². The molecule has 2 aromatic carbocycles. The van der Waals surface area contributed by atoms with Crippen molar-refractivity contribution in [2.24, 2.45) is 0 Å². The number of hydrogen-bond donors (Lipinski definition) is 0. The van der Waals surface area contributed by atoms with Crippen LogP contribution in [0.1, 0.15) is 27.1 Å². The Morgan fingerprint density at radius 3 is 2.38 bits per heavy atom. The van der Waals surface area contributed by atoms with Gasteiger partial charge in [0.1, 0.15) is 5.82 Å². The summed E-state index contributed by atoms with van der Waals surface area (Å²) in [6, 6.07) is 9.75. The van der Waals surface area contributed by atoms with Gasteiger partial charge in [0.25, 0.3) is 0 Å². The van der Waals surface area contributed by atoms with E-state index in [1.165, 1.54) is 12.1 Å². The second-order valence-electron chi connectivity index (χ2n) is 5.22. The van der Waals surface area contributed by atoms with Gasteiger partial charge in [-0.05, 0) is 42.5 Å².